The molecular formula is C20H34IN3O3. The van der Waals surface area contributed by atoms with Crippen LogP contribution in [0.4, 0.5) is 0 Å². The molecule has 7 heteroatoms. The van der Waals surface area contributed by atoms with Crippen LogP contribution >= 0.6 is 24.0 Å². The van der Waals surface area contributed by atoms with Gasteiger partial charge in [0.2, 0.25) is 0 Å². The molecule has 2 rings (SSSR count). The highest BCUT2D eigenvalue weighted by molar-refractivity contribution is 14.0. The molecular weight excluding hydrogens is 457 g/mol. The molecule has 1 atom stereocenters. The molecule has 1 aromatic rings. The highest BCUT2D eigenvalue weighted by Gasteiger charge is 2.15. The zero-order chi connectivity index (χ0) is 18.5. The van der Waals surface area contributed by atoms with Crippen molar-refractivity contribution in [2.75, 3.05) is 53.2 Å². The van der Waals surface area contributed by atoms with Gasteiger partial charge in [-0.15, -0.1) is 24.0 Å². The van der Waals surface area contributed by atoms with E-state index in [-0.39, 0.29) is 24.0 Å². The first kappa shape index (κ1) is 24.0. The van der Waals surface area contributed by atoms with Crippen LogP contribution < -0.4 is 15.4 Å². The molecule has 0 bridgehead atoms. The molecule has 0 aromatic heterocycles. The highest BCUT2D eigenvalue weighted by Crippen LogP contribution is 2.12. The topological polar surface area (TPSA) is 64.1 Å². The van der Waals surface area contributed by atoms with E-state index in [0.717, 1.165) is 77.0 Å². The zero-order valence-corrected chi connectivity index (χ0v) is 18.9. The van der Waals surface area contributed by atoms with Gasteiger partial charge < -0.3 is 24.8 Å². The molecule has 6 nitrogen and oxygen atoms in total. The van der Waals surface area contributed by atoms with Gasteiger partial charge >= 0.3 is 0 Å². The summed E-state index contributed by atoms with van der Waals surface area (Å²) in [5.74, 6) is 2.33. The number of rotatable bonds is 11. The third-order valence-electron chi connectivity index (χ3n) is 4.30. The summed E-state index contributed by atoms with van der Waals surface area (Å²) in [5.41, 5.74) is 1.28. The van der Waals surface area contributed by atoms with Gasteiger partial charge in [0, 0.05) is 38.8 Å². The molecule has 0 aliphatic carbocycles. The summed E-state index contributed by atoms with van der Waals surface area (Å²) < 4.78 is 16.3. The van der Waals surface area contributed by atoms with Crippen molar-refractivity contribution in [3.05, 3.63) is 29.8 Å². The van der Waals surface area contributed by atoms with E-state index in [1.165, 1.54) is 5.56 Å². The van der Waals surface area contributed by atoms with Crippen LogP contribution in [0.3, 0.4) is 0 Å². The maximum absolute atomic E-state index is 5.72. The molecule has 1 unspecified atom stereocenters. The van der Waals surface area contributed by atoms with E-state index in [4.69, 9.17) is 14.2 Å². The normalized spacial score (nSPS) is 16.7. The van der Waals surface area contributed by atoms with Crippen molar-refractivity contribution in [2.24, 2.45) is 10.9 Å². The van der Waals surface area contributed by atoms with Crippen molar-refractivity contribution >= 4 is 29.9 Å². The minimum Gasteiger partial charge on any atom is -0.497 e. The van der Waals surface area contributed by atoms with Gasteiger partial charge in [0.1, 0.15) is 5.75 Å². The van der Waals surface area contributed by atoms with Gasteiger partial charge in [0.25, 0.3) is 0 Å². The van der Waals surface area contributed by atoms with Crippen LogP contribution in [0, 0.1) is 5.92 Å². The van der Waals surface area contributed by atoms with Crippen LogP contribution in [0.5, 0.6) is 5.75 Å². The lowest BCUT2D eigenvalue weighted by molar-refractivity contribution is 0.0893. The Labute approximate surface area is 180 Å². The SMILES string of the molecule is CCNC(=NCCCOCC1CCOC1)NCCc1ccc(OC)cc1.I. The van der Waals surface area contributed by atoms with Gasteiger partial charge in [-0.2, -0.15) is 0 Å². The van der Waals surface area contributed by atoms with E-state index in [0.29, 0.717) is 5.92 Å². The maximum Gasteiger partial charge on any atom is 0.191 e. The molecule has 0 saturated carbocycles. The van der Waals surface area contributed by atoms with Crippen molar-refractivity contribution in [1.82, 2.24) is 10.6 Å². The van der Waals surface area contributed by atoms with Crippen LogP contribution in [0.2, 0.25) is 0 Å². The number of aliphatic imine (C=N–C) groups is 1. The number of ether oxygens (including phenoxy) is 3. The Morgan fingerprint density at radius 1 is 1.26 bits per heavy atom. The van der Waals surface area contributed by atoms with E-state index in [2.05, 4.69) is 34.7 Å². The van der Waals surface area contributed by atoms with E-state index < -0.39 is 0 Å². The fourth-order valence-electron chi connectivity index (χ4n) is 2.78. The predicted octanol–water partition coefficient (Wildman–Crippen LogP) is 2.85. The Kier molecular flexibility index (Phi) is 13.3. The van der Waals surface area contributed by atoms with Gasteiger partial charge in [-0.05, 0) is 43.9 Å². The van der Waals surface area contributed by atoms with E-state index >= 15 is 0 Å². The molecule has 0 radical (unpaired) electrons. The minimum atomic E-state index is 0. The van der Waals surface area contributed by atoms with E-state index in [9.17, 15) is 0 Å². The molecule has 0 amide bonds. The number of guanidine groups is 1. The molecule has 1 heterocycles. The predicted molar refractivity (Wildman–Crippen MR) is 120 cm³/mol. The molecule has 1 aliphatic rings. The van der Waals surface area contributed by atoms with Gasteiger partial charge in [0.15, 0.2) is 5.96 Å². The fraction of sp³-hybridized carbons (Fsp3) is 0.650. The molecule has 1 aliphatic heterocycles. The minimum absolute atomic E-state index is 0. The van der Waals surface area contributed by atoms with Gasteiger partial charge in [-0.1, -0.05) is 12.1 Å². The summed E-state index contributed by atoms with van der Waals surface area (Å²) in [4.78, 5) is 4.61. The molecule has 1 fully saturated rings. The largest absolute Gasteiger partial charge is 0.497 e. The van der Waals surface area contributed by atoms with Gasteiger partial charge in [0.05, 0.1) is 20.3 Å². The summed E-state index contributed by atoms with van der Waals surface area (Å²) >= 11 is 0. The number of halogens is 1. The Morgan fingerprint density at radius 2 is 2.07 bits per heavy atom. The second-order valence-electron chi connectivity index (χ2n) is 6.44. The van der Waals surface area contributed by atoms with Crippen molar-refractivity contribution in [3.8, 4) is 5.75 Å². The number of benzene rings is 1. The van der Waals surface area contributed by atoms with Crippen LogP contribution in [0.1, 0.15) is 25.3 Å². The average Bonchev–Trinajstić information content (AvgIpc) is 3.18. The third kappa shape index (κ3) is 10.2. The second-order valence-corrected chi connectivity index (χ2v) is 6.44. The third-order valence-corrected chi connectivity index (χ3v) is 4.30. The first-order valence-electron chi connectivity index (χ1n) is 9.62. The molecule has 2 N–H and O–H groups in total. The molecule has 1 saturated heterocycles. The average molecular weight is 491 g/mol. The number of nitrogens with one attached hydrogen (secondary N) is 2. The summed E-state index contributed by atoms with van der Waals surface area (Å²) in [6.07, 6.45) is 3.00. The van der Waals surface area contributed by atoms with Crippen LogP contribution in [0.15, 0.2) is 29.3 Å². The number of hydrogen-bond acceptors (Lipinski definition) is 4. The van der Waals surface area contributed by atoms with Crippen LogP contribution in [0.25, 0.3) is 0 Å². The summed E-state index contributed by atoms with van der Waals surface area (Å²) in [6.45, 7) is 7.83. The fourth-order valence-corrected chi connectivity index (χ4v) is 2.78. The molecule has 154 valence electrons. The number of nitrogens with zero attached hydrogens (tertiary/aromatic N) is 1. The van der Waals surface area contributed by atoms with Crippen LogP contribution in [-0.4, -0.2) is 59.1 Å². The Morgan fingerprint density at radius 3 is 2.74 bits per heavy atom. The summed E-state index contributed by atoms with van der Waals surface area (Å²) in [5, 5.41) is 6.67. The molecule has 27 heavy (non-hydrogen) atoms. The maximum atomic E-state index is 5.72. The standard InChI is InChI=1S/C20H33N3O3.HI/c1-3-21-20(22-11-4-13-25-15-18-10-14-26-16-18)23-12-9-17-5-7-19(24-2)8-6-17;/h5-8,18H,3-4,9-16H2,1-2H3,(H2,21,22,23);1H. The van der Waals surface area contributed by atoms with Crippen molar-refractivity contribution < 1.29 is 14.2 Å². The molecule has 0 spiro atoms. The van der Waals surface area contributed by atoms with Gasteiger partial charge in [-0.25, -0.2) is 0 Å². The smallest absolute Gasteiger partial charge is 0.191 e. The molecule has 1 aromatic carbocycles. The summed E-state index contributed by atoms with van der Waals surface area (Å²) in [7, 11) is 1.68. The van der Waals surface area contributed by atoms with E-state index in [1.54, 1.807) is 7.11 Å². The number of hydrogen-bond donors (Lipinski definition) is 2. The van der Waals surface area contributed by atoms with Crippen LogP contribution in [-0.2, 0) is 15.9 Å². The lowest BCUT2D eigenvalue weighted by Crippen LogP contribution is -2.38. The lowest BCUT2D eigenvalue weighted by atomic mass is 10.1. The zero-order valence-electron chi connectivity index (χ0n) is 16.5. The quantitative estimate of drug-likeness (QED) is 0.216. The van der Waals surface area contributed by atoms with Gasteiger partial charge in [-0.3, -0.25) is 4.99 Å². The monoisotopic (exact) mass is 491 g/mol. The Bertz CT molecular complexity index is 520. The first-order valence-corrected chi connectivity index (χ1v) is 9.62. The second kappa shape index (κ2) is 14.9. The van der Waals surface area contributed by atoms with Crippen molar-refractivity contribution in [1.29, 1.82) is 0 Å². The first-order chi connectivity index (χ1) is 12.8. The summed E-state index contributed by atoms with van der Waals surface area (Å²) in [6, 6.07) is 8.17. The van der Waals surface area contributed by atoms with Crippen molar-refractivity contribution in [3.63, 3.8) is 0 Å². The Balaban J connectivity index is 0.00000364. The van der Waals surface area contributed by atoms with Crippen molar-refractivity contribution in [2.45, 2.75) is 26.2 Å². The van der Waals surface area contributed by atoms with E-state index in [1.807, 2.05) is 12.1 Å². The lowest BCUT2D eigenvalue weighted by Gasteiger charge is -2.12. The number of methoxy groups -OCH3 is 1. The Hall–Kier alpha value is -1.06. The highest BCUT2D eigenvalue weighted by atomic mass is 127.